The highest BCUT2D eigenvalue weighted by Crippen LogP contribution is 2.35. The molecule has 1 amide bonds. The Morgan fingerprint density at radius 3 is 2.48 bits per heavy atom. The maximum Gasteiger partial charge on any atom is 0.280 e. The summed E-state index contributed by atoms with van der Waals surface area (Å²) in [7, 11) is 2.73. The van der Waals surface area contributed by atoms with Crippen LogP contribution >= 0.6 is 15.9 Å². The van der Waals surface area contributed by atoms with E-state index in [1.165, 1.54) is 26.4 Å². The molecule has 0 radical (unpaired) electrons. The molecule has 27 heavy (non-hydrogen) atoms. The third-order valence-corrected chi connectivity index (χ3v) is 3.97. The van der Waals surface area contributed by atoms with Crippen LogP contribution in [0.2, 0.25) is 0 Å². The largest absolute Gasteiger partial charge is 0.493 e. The highest BCUT2D eigenvalue weighted by molar-refractivity contribution is 9.10. The Labute approximate surface area is 163 Å². The summed E-state index contributed by atoms with van der Waals surface area (Å²) in [5, 5.41) is 23.3. The van der Waals surface area contributed by atoms with E-state index in [2.05, 4.69) is 21.2 Å². The molecule has 0 fully saturated rings. The molecule has 0 bridgehead atoms. The summed E-state index contributed by atoms with van der Waals surface area (Å²) in [4.78, 5) is 23.1. The van der Waals surface area contributed by atoms with E-state index < -0.39 is 10.8 Å². The minimum atomic E-state index is -0.695. The lowest BCUT2D eigenvalue weighted by Crippen LogP contribution is -2.13. The van der Waals surface area contributed by atoms with Crippen molar-refractivity contribution in [3.8, 4) is 17.6 Å². The van der Waals surface area contributed by atoms with Crippen LogP contribution in [0.3, 0.4) is 0 Å². The van der Waals surface area contributed by atoms with E-state index in [1.54, 1.807) is 30.3 Å². The Balaban J connectivity index is 2.45. The number of carbonyl (C=O) groups excluding carboxylic acids is 1. The summed E-state index contributed by atoms with van der Waals surface area (Å²) in [5.41, 5.74) is -0.114. The van der Waals surface area contributed by atoms with Gasteiger partial charge in [-0.25, -0.2) is 0 Å². The molecular weight excluding hydrogens is 418 g/mol. The van der Waals surface area contributed by atoms with Gasteiger partial charge in [0.15, 0.2) is 11.5 Å². The van der Waals surface area contributed by atoms with Gasteiger partial charge in [-0.2, -0.15) is 5.26 Å². The molecule has 0 atom stereocenters. The molecule has 0 saturated carbocycles. The third-order valence-electron chi connectivity index (χ3n) is 3.48. The van der Waals surface area contributed by atoms with Gasteiger partial charge in [0, 0.05) is 10.2 Å². The first-order chi connectivity index (χ1) is 12.9. The number of halogens is 1. The first-order valence-corrected chi connectivity index (χ1v) is 8.28. The average molecular weight is 432 g/mol. The predicted molar refractivity (Wildman–Crippen MR) is 103 cm³/mol. The van der Waals surface area contributed by atoms with Crippen molar-refractivity contribution < 1.29 is 19.2 Å². The Morgan fingerprint density at radius 2 is 1.93 bits per heavy atom. The van der Waals surface area contributed by atoms with E-state index in [9.17, 15) is 20.2 Å². The maximum atomic E-state index is 12.4. The van der Waals surface area contributed by atoms with E-state index in [-0.39, 0.29) is 28.3 Å². The van der Waals surface area contributed by atoms with Gasteiger partial charge in [0.05, 0.1) is 30.8 Å². The first kappa shape index (κ1) is 19.9. The van der Waals surface area contributed by atoms with Gasteiger partial charge in [-0.15, -0.1) is 0 Å². The fourth-order valence-corrected chi connectivity index (χ4v) is 2.63. The predicted octanol–water partition coefficient (Wildman–Crippen LogP) is 3.92. The number of amides is 1. The molecule has 2 rings (SSSR count). The molecule has 0 saturated heterocycles. The Morgan fingerprint density at radius 1 is 1.26 bits per heavy atom. The van der Waals surface area contributed by atoms with Gasteiger partial charge in [-0.1, -0.05) is 22.0 Å². The number of carbonyl (C=O) groups is 1. The molecule has 1 N–H and O–H groups in total. The number of methoxy groups -OCH3 is 2. The van der Waals surface area contributed by atoms with Crippen molar-refractivity contribution in [1.29, 1.82) is 5.26 Å². The molecule has 0 unspecified atom stereocenters. The monoisotopic (exact) mass is 431 g/mol. The molecule has 0 aliphatic carbocycles. The number of nitriles is 1. The van der Waals surface area contributed by atoms with Crippen LogP contribution in [-0.2, 0) is 4.79 Å². The van der Waals surface area contributed by atoms with Gasteiger partial charge in [0.1, 0.15) is 11.6 Å². The zero-order valence-corrected chi connectivity index (χ0v) is 15.9. The Bertz CT molecular complexity index is 966. The van der Waals surface area contributed by atoms with E-state index in [4.69, 9.17) is 9.47 Å². The van der Waals surface area contributed by atoms with Crippen molar-refractivity contribution in [2.24, 2.45) is 0 Å². The summed E-state index contributed by atoms with van der Waals surface area (Å²) in [6.07, 6.45) is 1.13. The van der Waals surface area contributed by atoms with E-state index in [0.717, 1.165) is 10.5 Å². The van der Waals surface area contributed by atoms with Crippen LogP contribution in [0.1, 0.15) is 5.56 Å². The van der Waals surface area contributed by atoms with Gasteiger partial charge in [-0.3, -0.25) is 14.9 Å². The molecule has 0 spiro atoms. The van der Waals surface area contributed by atoms with E-state index >= 15 is 0 Å². The fourth-order valence-electron chi connectivity index (χ4n) is 2.23. The van der Waals surface area contributed by atoms with Crippen LogP contribution in [0.15, 0.2) is 46.4 Å². The molecule has 138 valence electrons. The van der Waals surface area contributed by atoms with Crippen molar-refractivity contribution >= 4 is 39.3 Å². The van der Waals surface area contributed by atoms with Crippen LogP contribution < -0.4 is 14.8 Å². The fraction of sp³-hybridized carbons (Fsp3) is 0.111. The topological polar surface area (TPSA) is 114 Å². The van der Waals surface area contributed by atoms with E-state index in [1.807, 2.05) is 0 Å². The van der Waals surface area contributed by atoms with Gasteiger partial charge in [-0.05, 0) is 30.3 Å². The summed E-state index contributed by atoms with van der Waals surface area (Å²) in [5.74, 6) is -0.294. The van der Waals surface area contributed by atoms with E-state index in [0.29, 0.717) is 5.69 Å². The van der Waals surface area contributed by atoms with Crippen molar-refractivity contribution in [2.45, 2.75) is 0 Å². The maximum absolute atomic E-state index is 12.4. The molecule has 9 heteroatoms. The number of nitro benzene ring substituents is 1. The molecule has 2 aromatic carbocycles. The normalized spacial score (nSPS) is 10.7. The minimum Gasteiger partial charge on any atom is -0.493 e. The second kappa shape index (κ2) is 8.82. The van der Waals surface area contributed by atoms with Crippen LogP contribution in [0.4, 0.5) is 11.4 Å². The number of nitrogens with zero attached hydrogens (tertiary/aromatic N) is 2. The lowest BCUT2D eigenvalue weighted by Gasteiger charge is -2.09. The molecule has 2 aromatic rings. The second-order valence-electron chi connectivity index (χ2n) is 5.16. The van der Waals surface area contributed by atoms with Gasteiger partial charge in [0.2, 0.25) is 0 Å². The van der Waals surface area contributed by atoms with Crippen LogP contribution in [-0.4, -0.2) is 25.1 Å². The Kier molecular flexibility index (Phi) is 6.51. The summed E-state index contributed by atoms with van der Waals surface area (Å²) < 4.78 is 10.9. The summed E-state index contributed by atoms with van der Waals surface area (Å²) in [6, 6.07) is 11.1. The summed E-state index contributed by atoms with van der Waals surface area (Å²) >= 11 is 3.28. The van der Waals surface area contributed by atoms with Crippen LogP contribution in [0.5, 0.6) is 11.5 Å². The molecule has 0 heterocycles. The smallest absolute Gasteiger partial charge is 0.280 e. The molecular formula is C18H14BrN3O5. The number of ether oxygens (including phenoxy) is 2. The number of benzene rings is 2. The number of hydrogen-bond acceptors (Lipinski definition) is 6. The van der Waals surface area contributed by atoms with Crippen LogP contribution in [0, 0.1) is 21.4 Å². The highest BCUT2D eigenvalue weighted by Gasteiger charge is 2.20. The molecule has 0 aliphatic heterocycles. The number of anilines is 1. The van der Waals surface area contributed by atoms with Crippen molar-refractivity contribution in [2.75, 3.05) is 19.5 Å². The standard InChI is InChI=1S/C18H14BrN3O5/c1-26-16-7-11(15(22(24)25)9-17(16)27-2)6-12(10-20)18(23)21-14-5-3-4-13(19)8-14/h3-9H,1-2H3,(H,21,23)/b12-6-. The quantitative estimate of drug-likeness (QED) is 0.320. The SMILES string of the molecule is COc1cc(/C=C(/C#N)C(=O)Nc2cccc(Br)c2)c([N+](=O)[O-])cc1OC. The average Bonchev–Trinajstić information content (AvgIpc) is 2.65. The molecule has 0 aromatic heterocycles. The van der Waals surface area contributed by atoms with Crippen molar-refractivity contribution in [1.82, 2.24) is 0 Å². The second-order valence-corrected chi connectivity index (χ2v) is 6.07. The summed E-state index contributed by atoms with van der Waals surface area (Å²) in [6.45, 7) is 0. The number of hydrogen-bond donors (Lipinski definition) is 1. The lowest BCUT2D eigenvalue weighted by atomic mass is 10.1. The first-order valence-electron chi connectivity index (χ1n) is 7.48. The minimum absolute atomic E-state index is 0.0404. The number of nitro groups is 1. The Hall–Kier alpha value is -3.38. The van der Waals surface area contributed by atoms with Gasteiger partial charge >= 0.3 is 0 Å². The number of nitrogens with one attached hydrogen (secondary N) is 1. The third kappa shape index (κ3) is 4.83. The molecule has 8 nitrogen and oxygen atoms in total. The highest BCUT2D eigenvalue weighted by atomic mass is 79.9. The van der Waals surface area contributed by atoms with Gasteiger partial charge in [0.25, 0.3) is 11.6 Å². The van der Waals surface area contributed by atoms with Crippen LogP contribution in [0.25, 0.3) is 6.08 Å². The number of rotatable bonds is 6. The van der Waals surface area contributed by atoms with Crippen molar-refractivity contribution in [3.63, 3.8) is 0 Å². The molecule has 0 aliphatic rings. The zero-order valence-electron chi connectivity index (χ0n) is 14.4. The lowest BCUT2D eigenvalue weighted by molar-refractivity contribution is -0.385. The van der Waals surface area contributed by atoms with Gasteiger partial charge < -0.3 is 14.8 Å². The zero-order chi connectivity index (χ0) is 20.0. The van der Waals surface area contributed by atoms with Crippen molar-refractivity contribution in [3.05, 3.63) is 62.1 Å².